The van der Waals surface area contributed by atoms with E-state index in [0.717, 1.165) is 11.1 Å². The second kappa shape index (κ2) is 12.4. The van der Waals surface area contributed by atoms with E-state index in [-0.39, 0.29) is 35.8 Å². The molecule has 0 atom stereocenters. The normalized spacial score (nSPS) is 10.9. The van der Waals surface area contributed by atoms with Crippen molar-refractivity contribution in [1.82, 2.24) is 4.98 Å². The zero-order valence-corrected chi connectivity index (χ0v) is 20.2. The molecule has 0 bridgehead atoms. The van der Waals surface area contributed by atoms with Gasteiger partial charge in [-0.2, -0.15) is 0 Å². The third-order valence-corrected chi connectivity index (χ3v) is 5.31. The van der Waals surface area contributed by atoms with Gasteiger partial charge in [-0.05, 0) is 43.5 Å². The third kappa shape index (κ3) is 6.61. The van der Waals surface area contributed by atoms with Gasteiger partial charge in [-0.1, -0.05) is 42.5 Å². The lowest BCUT2D eigenvalue weighted by Gasteiger charge is -2.14. The maximum atomic E-state index is 13.0. The van der Waals surface area contributed by atoms with Crippen molar-refractivity contribution in [2.24, 2.45) is 0 Å². The van der Waals surface area contributed by atoms with Crippen LogP contribution < -0.4 is 4.74 Å². The number of hydrogen-bond donors (Lipinski definition) is 0. The Balaban J connectivity index is 1.92. The summed E-state index contributed by atoms with van der Waals surface area (Å²) in [5, 5.41) is 11.9. The summed E-state index contributed by atoms with van der Waals surface area (Å²) in [7, 11) is 1.48. The minimum absolute atomic E-state index is 0.0403. The van der Waals surface area contributed by atoms with Gasteiger partial charge in [0.1, 0.15) is 6.61 Å². The summed E-state index contributed by atoms with van der Waals surface area (Å²) in [6, 6.07) is 12.6. The van der Waals surface area contributed by atoms with Gasteiger partial charge in [0.05, 0.1) is 22.7 Å². The Kier molecular flexibility index (Phi) is 9.01. The fraction of sp³-hybridized carbons (Fsp3) is 0.222. The van der Waals surface area contributed by atoms with Crippen LogP contribution in [-0.4, -0.2) is 42.2 Å². The lowest BCUT2D eigenvalue weighted by atomic mass is 9.99. The summed E-state index contributed by atoms with van der Waals surface area (Å²) >= 11 is 0. The van der Waals surface area contributed by atoms with E-state index in [0.29, 0.717) is 17.5 Å². The Morgan fingerprint density at radius 3 is 2.36 bits per heavy atom. The van der Waals surface area contributed by atoms with Crippen molar-refractivity contribution in [3.8, 4) is 5.75 Å². The SMILES string of the molecule is COCCOC(=O)c1cncc(C(=O)Oc2c(C/C=C/c3ccccc3)c(C)cc(C)c2[N+](=O)[O-])c1. The Morgan fingerprint density at radius 1 is 1.00 bits per heavy atom. The van der Waals surface area contributed by atoms with Crippen molar-refractivity contribution in [2.75, 3.05) is 20.3 Å². The monoisotopic (exact) mass is 490 g/mol. The second-order valence-corrected chi connectivity index (χ2v) is 7.92. The number of nitro groups is 1. The number of ether oxygens (including phenoxy) is 3. The summed E-state index contributed by atoms with van der Waals surface area (Å²) < 4.78 is 15.5. The first-order chi connectivity index (χ1) is 17.3. The molecule has 1 heterocycles. The average Bonchev–Trinajstić information content (AvgIpc) is 2.86. The predicted octanol–water partition coefficient (Wildman–Crippen LogP) is 4.88. The highest BCUT2D eigenvalue weighted by molar-refractivity contribution is 5.96. The van der Waals surface area contributed by atoms with Gasteiger partial charge >= 0.3 is 17.6 Å². The van der Waals surface area contributed by atoms with E-state index in [1.807, 2.05) is 42.5 Å². The molecule has 0 saturated heterocycles. The van der Waals surface area contributed by atoms with Gasteiger partial charge in [0, 0.05) is 30.6 Å². The van der Waals surface area contributed by atoms with Crippen LogP contribution in [0.25, 0.3) is 6.08 Å². The number of nitro benzene ring substituents is 1. The maximum Gasteiger partial charge on any atom is 0.345 e. The highest BCUT2D eigenvalue weighted by atomic mass is 16.6. The van der Waals surface area contributed by atoms with E-state index in [1.54, 1.807) is 19.9 Å². The number of esters is 2. The number of allylic oxidation sites excluding steroid dienone is 1. The maximum absolute atomic E-state index is 13.0. The molecule has 9 nitrogen and oxygen atoms in total. The number of carbonyl (C=O) groups is 2. The largest absolute Gasteiger partial charge is 0.460 e. The smallest absolute Gasteiger partial charge is 0.345 e. The molecule has 0 amide bonds. The molecule has 0 spiro atoms. The molecule has 0 N–H and O–H groups in total. The number of aromatic nitrogens is 1. The van der Waals surface area contributed by atoms with Crippen LogP contribution in [0.5, 0.6) is 5.75 Å². The minimum Gasteiger partial charge on any atom is -0.460 e. The van der Waals surface area contributed by atoms with E-state index in [1.165, 1.54) is 25.6 Å². The van der Waals surface area contributed by atoms with Gasteiger partial charge in [-0.15, -0.1) is 0 Å². The van der Waals surface area contributed by atoms with Gasteiger partial charge in [-0.3, -0.25) is 15.1 Å². The molecule has 0 unspecified atom stereocenters. The lowest BCUT2D eigenvalue weighted by Crippen LogP contribution is -2.15. The number of hydrogen-bond acceptors (Lipinski definition) is 8. The zero-order valence-electron chi connectivity index (χ0n) is 20.2. The summed E-state index contributed by atoms with van der Waals surface area (Å²) in [5.41, 5.74) is 2.29. The van der Waals surface area contributed by atoms with Crippen LogP contribution in [0, 0.1) is 24.0 Å². The van der Waals surface area contributed by atoms with Crippen LogP contribution >= 0.6 is 0 Å². The molecule has 0 aliphatic heterocycles. The first-order valence-corrected chi connectivity index (χ1v) is 11.1. The first kappa shape index (κ1) is 26.2. The summed E-state index contributed by atoms with van der Waals surface area (Å²) in [4.78, 5) is 40.5. The van der Waals surface area contributed by atoms with E-state index in [2.05, 4.69) is 4.98 Å². The topological polar surface area (TPSA) is 118 Å². The molecule has 0 fully saturated rings. The molecule has 0 aliphatic carbocycles. The molecule has 2 aromatic carbocycles. The van der Waals surface area contributed by atoms with E-state index < -0.39 is 16.9 Å². The Labute approximate surface area is 208 Å². The molecule has 0 saturated carbocycles. The van der Waals surface area contributed by atoms with Crippen LogP contribution in [0.3, 0.4) is 0 Å². The zero-order chi connectivity index (χ0) is 26.1. The van der Waals surface area contributed by atoms with Crippen molar-refractivity contribution >= 4 is 23.7 Å². The number of aryl methyl sites for hydroxylation is 2. The molecule has 0 aliphatic rings. The van der Waals surface area contributed by atoms with Crippen LogP contribution in [0.2, 0.25) is 0 Å². The first-order valence-electron chi connectivity index (χ1n) is 11.1. The standard InChI is InChI=1S/C27H26N2O7/c1-18-14-19(2)24(29(32)33)25(23(18)11-7-10-20-8-5-4-6-9-20)36-27(31)22-15-21(16-28-17-22)26(30)35-13-12-34-3/h4-10,14-17H,11-13H2,1-3H3/b10-7+. The Bertz CT molecular complexity index is 1290. The van der Waals surface area contributed by atoms with E-state index in [4.69, 9.17) is 14.2 Å². The fourth-order valence-electron chi connectivity index (χ4n) is 3.56. The van der Waals surface area contributed by atoms with Crippen LogP contribution in [0.15, 0.2) is 60.9 Å². The van der Waals surface area contributed by atoms with Crippen LogP contribution in [-0.2, 0) is 15.9 Å². The number of carbonyl (C=O) groups excluding carboxylic acids is 2. The van der Waals surface area contributed by atoms with Crippen molar-refractivity contribution < 1.29 is 28.7 Å². The molecule has 9 heteroatoms. The molecule has 36 heavy (non-hydrogen) atoms. The Hall–Kier alpha value is -4.37. The minimum atomic E-state index is -0.879. The predicted molar refractivity (Wildman–Crippen MR) is 133 cm³/mol. The van der Waals surface area contributed by atoms with Crippen molar-refractivity contribution in [3.05, 3.63) is 104 Å². The summed E-state index contributed by atoms with van der Waals surface area (Å²) in [6.07, 6.45) is 6.52. The van der Waals surface area contributed by atoms with Gasteiger partial charge in [-0.25, -0.2) is 9.59 Å². The molecule has 1 aromatic heterocycles. The number of methoxy groups -OCH3 is 1. The van der Waals surface area contributed by atoms with Crippen molar-refractivity contribution in [3.63, 3.8) is 0 Å². The van der Waals surface area contributed by atoms with Gasteiger partial charge in [0.15, 0.2) is 0 Å². The molecule has 0 radical (unpaired) electrons. The van der Waals surface area contributed by atoms with Crippen molar-refractivity contribution in [2.45, 2.75) is 20.3 Å². The number of benzene rings is 2. The molecular formula is C27H26N2O7. The molecule has 3 aromatic rings. The average molecular weight is 491 g/mol. The van der Waals surface area contributed by atoms with Gasteiger partial charge in [0.25, 0.3) is 0 Å². The fourth-order valence-corrected chi connectivity index (χ4v) is 3.56. The van der Waals surface area contributed by atoms with E-state index in [9.17, 15) is 19.7 Å². The number of rotatable bonds is 10. The summed E-state index contributed by atoms with van der Waals surface area (Å²) in [5.74, 6) is -1.69. The molecule has 3 rings (SSSR count). The van der Waals surface area contributed by atoms with Crippen molar-refractivity contribution in [1.29, 1.82) is 0 Å². The molecule has 186 valence electrons. The Morgan fingerprint density at radius 2 is 1.69 bits per heavy atom. The second-order valence-electron chi connectivity index (χ2n) is 7.92. The van der Waals surface area contributed by atoms with Gasteiger partial charge < -0.3 is 14.2 Å². The number of pyridine rings is 1. The third-order valence-electron chi connectivity index (χ3n) is 5.31. The number of nitrogens with zero attached hydrogens (tertiary/aromatic N) is 2. The van der Waals surface area contributed by atoms with Gasteiger partial charge in [0.2, 0.25) is 5.75 Å². The quantitative estimate of drug-likeness (QED) is 0.130. The highest BCUT2D eigenvalue weighted by Crippen LogP contribution is 2.37. The lowest BCUT2D eigenvalue weighted by molar-refractivity contribution is -0.386. The molecular weight excluding hydrogens is 464 g/mol. The van der Waals surface area contributed by atoms with Crippen LogP contribution in [0.4, 0.5) is 5.69 Å². The summed E-state index contributed by atoms with van der Waals surface area (Å²) in [6.45, 7) is 3.65. The van der Waals surface area contributed by atoms with E-state index >= 15 is 0 Å². The highest BCUT2D eigenvalue weighted by Gasteiger charge is 2.27. The van der Waals surface area contributed by atoms with Crippen LogP contribution in [0.1, 0.15) is 43.0 Å².